The van der Waals surface area contributed by atoms with Gasteiger partial charge in [-0.1, -0.05) is 0 Å². The van der Waals surface area contributed by atoms with Gasteiger partial charge in [-0.15, -0.1) is 0 Å². The Morgan fingerprint density at radius 1 is 1.50 bits per heavy atom. The first-order chi connectivity index (χ1) is 4.52. The van der Waals surface area contributed by atoms with Crippen molar-refractivity contribution in [2.75, 3.05) is 13.1 Å². The molecule has 0 aromatic rings. The zero-order valence-corrected chi connectivity index (χ0v) is 6.39. The molecule has 0 aliphatic heterocycles. The maximum atomic E-state index is 10.6. The molecule has 0 heterocycles. The maximum absolute atomic E-state index is 10.6. The molecule has 0 atom stereocenters. The van der Waals surface area contributed by atoms with Gasteiger partial charge < -0.3 is 16.2 Å². The highest BCUT2D eigenvalue weighted by Crippen LogP contribution is 2.05. The normalized spacial score (nSPS) is 11.2. The van der Waals surface area contributed by atoms with E-state index in [2.05, 4.69) is 0 Å². The molecule has 0 saturated heterocycles. The minimum Gasteiger partial charge on any atom is -0.457 e. The summed E-state index contributed by atoms with van der Waals surface area (Å²) in [6, 6.07) is 0. The number of hydrogen-bond acceptors (Lipinski definition) is 4. The number of carbonyl (C=O) groups excluding carboxylic acids is 1. The largest absolute Gasteiger partial charge is 0.457 e. The second-order valence-corrected chi connectivity index (χ2v) is 2.64. The Bertz CT molecular complexity index is 123. The van der Waals surface area contributed by atoms with E-state index in [1.54, 1.807) is 13.8 Å². The Balaban J connectivity index is 3.76. The number of rotatable bonds is 3. The Hall–Kier alpha value is -0.610. The van der Waals surface area contributed by atoms with Crippen LogP contribution < -0.4 is 11.5 Å². The Morgan fingerprint density at radius 3 is 2.30 bits per heavy atom. The van der Waals surface area contributed by atoms with Crippen molar-refractivity contribution < 1.29 is 9.53 Å². The van der Waals surface area contributed by atoms with Crippen molar-refractivity contribution in [2.45, 2.75) is 19.4 Å². The fraction of sp³-hybridized carbons (Fsp3) is 0.833. The van der Waals surface area contributed by atoms with E-state index in [-0.39, 0.29) is 6.54 Å². The van der Waals surface area contributed by atoms with E-state index < -0.39 is 11.6 Å². The van der Waals surface area contributed by atoms with E-state index in [1.165, 1.54) is 0 Å². The molecule has 0 bridgehead atoms. The van der Waals surface area contributed by atoms with Gasteiger partial charge >= 0.3 is 5.97 Å². The monoisotopic (exact) mass is 146 g/mol. The van der Waals surface area contributed by atoms with E-state index in [4.69, 9.17) is 16.2 Å². The zero-order valence-electron chi connectivity index (χ0n) is 6.39. The molecule has 4 heteroatoms. The van der Waals surface area contributed by atoms with Crippen LogP contribution in [0.1, 0.15) is 13.8 Å². The molecule has 10 heavy (non-hydrogen) atoms. The number of carbonyl (C=O) groups is 1. The summed E-state index contributed by atoms with van der Waals surface area (Å²) in [5, 5.41) is 0. The predicted molar refractivity (Wildman–Crippen MR) is 38.3 cm³/mol. The van der Waals surface area contributed by atoms with E-state index >= 15 is 0 Å². The van der Waals surface area contributed by atoms with E-state index in [0.717, 1.165) is 0 Å². The highest BCUT2D eigenvalue weighted by atomic mass is 16.6. The summed E-state index contributed by atoms with van der Waals surface area (Å²) in [5.41, 5.74) is 9.72. The Labute approximate surface area is 60.5 Å². The van der Waals surface area contributed by atoms with Crippen LogP contribution in [0.4, 0.5) is 0 Å². The van der Waals surface area contributed by atoms with Crippen molar-refractivity contribution in [1.82, 2.24) is 0 Å². The molecule has 0 fully saturated rings. The van der Waals surface area contributed by atoms with Gasteiger partial charge in [0.25, 0.3) is 0 Å². The van der Waals surface area contributed by atoms with Gasteiger partial charge in [0.15, 0.2) is 0 Å². The smallest absolute Gasteiger partial charge is 0.320 e. The summed E-state index contributed by atoms with van der Waals surface area (Å²) < 4.78 is 4.85. The van der Waals surface area contributed by atoms with Crippen LogP contribution in [0.2, 0.25) is 0 Å². The molecule has 4 nitrogen and oxygen atoms in total. The zero-order chi connectivity index (χ0) is 8.20. The van der Waals surface area contributed by atoms with Crippen LogP contribution in [0.3, 0.4) is 0 Å². The van der Waals surface area contributed by atoms with Gasteiger partial charge in [-0.2, -0.15) is 0 Å². The van der Waals surface area contributed by atoms with E-state index in [9.17, 15) is 4.79 Å². The number of ether oxygens (including phenoxy) is 1. The third-order valence-electron chi connectivity index (χ3n) is 1.05. The number of hydrogen-bond donors (Lipinski definition) is 2. The van der Waals surface area contributed by atoms with E-state index in [0.29, 0.717) is 6.54 Å². The van der Waals surface area contributed by atoms with Crippen LogP contribution in [-0.2, 0) is 9.53 Å². The minimum atomic E-state index is -0.587. The fourth-order valence-corrected chi connectivity index (χ4v) is 0.391. The van der Waals surface area contributed by atoms with Gasteiger partial charge in [0.1, 0.15) is 5.60 Å². The van der Waals surface area contributed by atoms with Crippen LogP contribution >= 0.6 is 0 Å². The average Bonchev–Trinajstić information content (AvgIpc) is 1.87. The van der Waals surface area contributed by atoms with Crippen molar-refractivity contribution in [3.8, 4) is 0 Å². The van der Waals surface area contributed by atoms with Crippen LogP contribution in [0.5, 0.6) is 0 Å². The van der Waals surface area contributed by atoms with Crippen molar-refractivity contribution >= 4 is 5.97 Å². The first kappa shape index (κ1) is 9.39. The minimum absolute atomic E-state index is 0.0938. The molecule has 0 unspecified atom stereocenters. The lowest BCUT2D eigenvalue weighted by molar-refractivity contribution is -0.153. The lowest BCUT2D eigenvalue weighted by atomic mass is 10.1. The third kappa shape index (κ3) is 3.42. The van der Waals surface area contributed by atoms with Crippen molar-refractivity contribution in [3.63, 3.8) is 0 Å². The van der Waals surface area contributed by atoms with Crippen LogP contribution in [0.25, 0.3) is 0 Å². The number of nitrogens with two attached hydrogens (primary N) is 2. The number of esters is 1. The maximum Gasteiger partial charge on any atom is 0.320 e. The second-order valence-electron chi connectivity index (χ2n) is 2.64. The standard InChI is InChI=1S/C6H14N2O2/c1-6(2,4-8)10-5(9)3-7/h3-4,7-8H2,1-2H3. The van der Waals surface area contributed by atoms with Crippen molar-refractivity contribution in [3.05, 3.63) is 0 Å². The molecular formula is C6H14N2O2. The molecule has 0 aliphatic carbocycles. The van der Waals surface area contributed by atoms with Gasteiger partial charge in [-0.05, 0) is 13.8 Å². The van der Waals surface area contributed by atoms with Crippen molar-refractivity contribution in [2.24, 2.45) is 11.5 Å². The van der Waals surface area contributed by atoms with Gasteiger partial charge in [0.2, 0.25) is 0 Å². The molecule has 0 saturated carbocycles. The topological polar surface area (TPSA) is 78.3 Å². The summed E-state index contributed by atoms with van der Waals surface area (Å²) in [6.45, 7) is 3.68. The van der Waals surface area contributed by atoms with Gasteiger partial charge in [-0.3, -0.25) is 4.79 Å². The highest BCUT2D eigenvalue weighted by molar-refractivity contribution is 5.71. The summed E-state index contributed by atoms with van der Waals surface area (Å²) in [4.78, 5) is 10.6. The molecule has 0 rings (SSSR count). The highest BCUT2D eigenvalue weighted by Gasteiger charge is 2.19. The Morgan fingerprint density at radius 2 is 2.00 bits per heavy atom. The molecule has 0 aromatic heterocycles. The second kappa shape index (κ2) is 3.53. The Kier molecular flexibility index (Phi) is 3.32. The molecule has 0 aromatic carbocycles. The first-order valence-electron chi connectivity index (χ1n) is 3.14. The molecule has 4 N–H and O–H groups in total. The lowest BCUT2D eigenvalue weighted by Gasteiger charge is -2.22. The predicted octanol–water partition coefficient (Wildman–Crippen LogP) is -0.774. The summed E-state index contributed by atoms with van der Waals surface area (Å²) in [6.07, 6.45) is 0. The van der Waals surface area contributed by atoms with Gasteiger partial charge in [0.05, 0.1) is 6.54 Å². The molecule has 60 valence electrons. The molecule has 0 radical (unpaired) electrons. The van der Waals surface area contributed by atoms with Crippen molar-refractivity contribution in [1.29, 1.82) is 0 Å². The van der Waals surface area contributed by atoms with Crippen LogP contribution in [-0.4, -0.2) is 24.7 Å². The first-order valence-corrected chi connectivity index (χ1v) is 3.14. The lowest BCUT2D eigenvalue weighted by Crippen LogP contribution is -2.38. The van der Waals surface area contributed by atoms with Crippen LogP contribution in [0.15, 0.2) is 0 Å². The van der Waals surface area contributed by atoms with Gasteiger partial charge in [-0.25, -0.2) is 0 Å². The molecule has 0 spiro atoms. The van der Waals surface area contributed by atoms with Crippen LogP contribution in [0, 0.1) is 0 Å². The average molecular weight is 146 g/mol. The summed E-state index contributed by atoms with van der Waals surface area (Å²) in [5.74, 6) is -0.421. The molecule has 0 aliphatic rings. The van der Waals surface area contributed by atoms with E-state index in [1.807, 2.05) is 0 Å². The summed E-state index contributed by atoms with van der Waals surface area (Å²) >= 11 is 0. The summed E-state index contributed by atoms with van der Waals surface area (Å²) in [7, 11) is 0. The molecular weight excluding hydrogens is 132 g/mol. The quantitative estimate of drug-likeness (QED) is 0.512. The van der Waals surface area contributed by atoms with Gasteiger partial charge in [0, 0.05) is 6.54 Å². The molecule has 0 amide bonds. The SMILES string of the molecule is CC(C)(CN)OC(=O)CN. The third-order valence-corrected chi connectivity index (χ3v) is 1.05. The fourth-order valence-electron chi connectivity index (χ4n) is 0.391.